The maximum absolute atomic E-state index is 11.1. The molecule has 0 aromatic heterocycles. The van der Waals surface area contributed by atoms with Crippen molar-refractivity contribution in [2.24, 2.45) is 11.8 Å². The number of aromatic carboxylic acids is 1. The maximum Gasteiger partial charge on any atom is 0.337 e. The molecule has 20 heavy (non-hydrogen) atoms. The monoisotopic (exact) mass is 278 g/mol. The molecule has 0 bridgehead atoms. The van der Waals surface area contributed by atoms with E-state index in [2.05, 4.69) is 5.32 Å². The van der Waals surface area contributed by atoms with Gasteiger partial charge in [-0.05, 0) is 49.3 Å². The number of aliphatic hydroxyl groups is 1. The van der Waals surface area contributed by atoms with Crippen molar-refractivity contribution in [3.8, 4) is 0 Å². The van der Waals surface area contributed by atoms with Crippen LogP contribution in [0.25, 0.3) is 0 Å². The van der Waals surface area contributed by atoms with E-state index in [9.17, 15) is 9.90 Å². The molecule has 2 atom stereocenters. The molecule has 1 aromatic carbocycles. The summed E-state index contributed by atoms with van der Waals surface area (Å²) < 4.78 is 0. The van der Waals surface area contributed by atoms with E-state index in [1.54, 1.807) is 13.0 Å². The maximum atomic E-state index is 11.1. The molecular weight excluding hydrogens is 256 g/mol. The Morgan fingerprint density at radius 2 is 2.10 bits per heavy atom. The summed E-state index contributed by atoms with van der Waals surface area (Å²) in [5, 5.41) is 21.7. The van der Waals surface area contributed by atoms with Crippen LogP contribution in [0.4, 0.5) is 11.4 Å². The second kappa shape index (κ2) is 6.13. The molecule has 110 valence electrons. The first-order valence-electron chi connectivity index (χ1n) is 7.01. The standard InChI is InChI=1S/C15H22N2O3/c1-9-5-12(6-13(14(9)16)15(19)20)17-7-10-3-2-4-11(10)8-18/h5-6,10-11,17-18H,2-4,7-8,16H2,1H3,(H,19,20). The van der Waals surface area contributed by atoms with Gasteiger partial charge in [0.15, 0.2) is 0 Å². The molecule has 1 aliphatic carbocycles. The number of nitrogens with one attached hydrogen (secondary N) is 1. The number of carboxylic acids is 1. The SMILES string of the molecule is Cc1cc(NCC2CCCC2CO)cc(C(=O)O)c1N. The molecule has 5 nitrogen and oxygen atoms in total. The lowest BCUT2D eigenvalue weighted by Gasteiger charge is -2.19. The van der Waals surface area contributed by atoms with E-state index in [0.717, 1.165) is 37.1 Å². The molecule has 0 spiro atoms. The summed E-state index contributed by atoms with van der Waals surface area (Å²) in [6.45, 7) is 2.79. The van der Waals surface area contributed by atoms with Crippen LogP contribution in [0, 0.1) is 18.8 Å². The highest BCUT2D eigenvalue weighted by Crippen LogP contribution is 2.32. The van der Waals surface area contributed by atoms with Crippen molar-refractivity contribution in [1.29, 1.82) is 0 Å². The number of benzene rings is 1. The lowest BCUT2D eigenvalue weighted by molar-refractivity contribution is 0.0698. The molecule has 0 saturated heterocycles. The van der Waals surface area contributed by atoms with E-state index in [4.69, 9.17) is 10.8 Å². The van der Waals surface area contributed by atoms with Gasteiger partial charge in [0.25, 0.3) is 0 Å². The zero-order chi connectivity index (χ0) is 14.7. The Kier molecular flexibility index (Phi) is 4.49. The third-order valence-corrected chi connectivity index (χ3v) is 4.24. The molecule has 0 radical (unpaired) electrons. The second-order valence-electron chi connectivity index (χ2n) is 5.57. The molecular formula is C15H22N2O3. The summed E-state index contributed by atoms with van der Waals surface area (Å²) >= 11 is 0. The van der Waals surface area contributed by atoms with Gasteiger partial charge in [0.05, 0.1) is 5.56 Å². The predicted molar refractivity (Wildman–Crippen MR) is 79.0 cm³/mol. The number of rotatable bonds is 5. The van der Waals surface area contributed by atoms with E-state index in [-0.39, 0.29) is 12.2 Å². The summed E-state index contributed by atoms with van der Waals surface area (Å²) in [6, 6.07) is 3.44. The van der Waals surface area contributed by atoms with Gasteiger partial charge < -0.3 is 21.3 Å². The molecule has 1 aromatic rings. The Morgan fingerprint density at radius 3 is 2.75 bits per heavy atom. The fraction of sp³-hybridized carbons (Fsp3) is 0.533. The second-order valence-corrected chi connectivity index (χ2v) is 5.57. The van der Waals surface area contributed by atoms with Crippen molar-refractivity contribution in [2.45, 2.75) is 26.2 Å². The largest absolute Gasteiger partial charge is 0.478 e. The van der Waals surface area contributed by atoms with Gasteiger partial charge in [-0.25, -0.2) is 4.79 Å². The molecule has 0 heterocycles. The highest BCUT2D eigenvalue weighted by Gasteiger charge is 2.26. The average Bonchev–Trinajstić information content (AvgIpc) is 2.87. The van der Waals surface area contributed by atoms with Crippen LogP contribution in [0.5, 0.6) is 0 Å². The number of carbonyl (C=O) groups is 1. The third-order valence-electron chi connectivity index (χ3n) is 4.24. The van der Waals surface area contributed by atoms with Crippen molar-refractivity contribution in [2.75, 3.05) is 24.2 Å². The number of aliphatic hydroxyl groups excluding tert-OH is 1. The van der Waals surface area contributed by atoms with Crippen LogP contribution in [-0.4, -0.2) is 29.3 Å². The summed E-state index contributed by atoms with van der Waals surface area (Å²) in [5.41, 5.74) is 7.76. The van der Waals surface area contributed by atoms with Crippen LogP contribution in [0.2, 0.25) is 0 Å². The molecule has 0 aliphatic heterocycles. The van der Waals surface area contributed by atoms with Crippen molar-refractivity contribution >= 4 is 17.3 Å². The fourth-order valence-corrected chi connectivity index (χ4v) is 2.95. The molecule has 1 aliphatic rings. The van der Waals surface area contributed by atoms with Gasteiger partial charge in [0, 0.05) is 24.5 Å². The Bertz CT molecular complexity index is 502. The molecule has 5 N–H and O–H groups in total. The van der Waals surface area contributed by atoms with Gasteiger partial charge in [-0.2, -0.15) is 0 Å². The first-order chi connectivity index (χ1) is 9.52. The van der Waals surface area contributed by atoms with Crippen molar-refractivity contribution in [1.82, 2.24) is 0 Å². The first kappa shape index (κ1) is 14.7. The topological polar surface area (TPSA) is 95.6 Å². The number of carboxylic acid groups (broad SMARTS) is 1. The predicted octanol–water partition coefficient (Wildman–Crippen LogP) is 2.10. The molecule has 0 amide bonds. The Hall–Kier alpha value is -1.75. The van der Waals surface area contributed by atoms with Gasteiger partial charge >= 0.3 is 5.97 Å². The highest BCUT2D eigenvalue weighted by atomic mass is 16.4. The Morgan fingerprint density at radius 1 is 1.40 bits per heavy atom. The third kappa shape index (κ3) is 3.04. The highest BCUT2D eigenvalue weighted by molar-refractivity contribution is 5.95. The minimum atomic E-state index is -1.01. The fourth-order valence-electron chi connectivity index (χ4n) is 2.95. The number of aryl methyl sites for hydroxylation is 1. The summed E-state index contributed by atoms with van der Waals surface area (Å²) in [6.07, 6.45) is 3.33. The number of hydrogen-bond donors (Lipinski definition) is 4. The molecule has 2 rings (SSSR count). The zero-order valence-corrected chi connectivity index (χ0v) is 11.7. The Balaban J connectivity index is 2.08. The van der Waals surface area contributed by atoms with Crippen LogP contribution in [-0.2, 0) is 0 Å². The van der Waals surface area contributed by atoms with E-state index in [1.165, 1.54) is 0 Å². The molecule has 2 unspecified atom stereocenters. The number of anilines is 2. The van der Waals surface area contributed by atoms with Gasteiger partial charge in [0.2, 0.25) is 0 Å². The normalized spacial score (nSPS) is 21.9. The van der Waals surface area contributed by atoms with Gasteiger partial charge in [-0.1, -0.05) is 6.42 Å². The van der Waals surface area contributed by atoms with Crippen LogP contribution in [0.1, 0.15) is 35.2 Å². The zero-order valence-electron chi connectivity index (χ0n) is 11.7. The lowest BCUT2D eigenvalue weighted by Crippen LogP contribution is -2.21. The van der Waals surface area contributed by atoms with Crippen LogP contribution < -0.4 is 11.1 Å². The van der Waals surface area contributed by atoms with E-state index < -0.39 is 5.97 Å². The Labute approximate surface area is 118 Å². The van der Waals surface area contributed by atoms with Gasteiger partial charge in [0.1, 0.15) is 0 Å². The minimum absolute atomic E-state index is 0.137. The van der Waals surface area contributed by atoms with Crippen LogP contribution in [0.3, 0.4) is 0 Å². The van der Waals surface area contributed by atoms with Crippen LogP contribution in [0.15, 0.2) is 12.1 Å². The van der Waals surface area contributed by atoms with Gasteiger partial charge in [-0.15, -0.1) is 0 Å². The van der Waals surface area contributed by atoms with Crippen molar-refractivity contribution in [3.05, 3.63) is 23.3 Å². The van der Waals surface area contributed by atoms with E-state index >= 15 is 0 Å². The van der Waals surface area contributed by atoms with E-state index in [1.807, 2.05) is 6.07 Å². The van der Waals surface area contributed by atoms with Crippen LogP contribution >= 0.6 is 0 Å². The van der Waals surface area contributed by atoms with Crippen molar-refractivity contribution in [3.63, 3.8) is 0 Å². The first-order valence-corrected chi connectivity index (χ1v) is 7.01. The molecule has 5 heteroatoms. The van der Waals surface area contributed by atoms with Gasteiger partial charge in [-0.3, -0.25) is 0 Å². The van der Waals surface area contributed by atoms with E-state index in [0.29, 0.717) is 17.5 Å². The number of hydrogen-bond acceptors (Lipinski definition) is 4. The minimum Gasteiger partial charge on any atom is -0.478 e. The summed E-state index contributed by atoms with van der Waals surface area (Å²) in [4.78, 5) is 11.1. The van der Waals surface area contributed by atoms with Crippen molar-refractivity contribution < 1.29 is 15.0 Å². The number of nitrogens with two attached hydrogens (primary N) is 1. The average molecular weight is 278 g/mol. The summed E-state index contributed by atoms with van der Waals surface area (Å²) in [5.74, 6) is -0.203. The smallest absolute Gasteiger partial charge is 0.337 e. The quantitative estimate of drug-likeness (QED) is 0.619. The summed E-state index contributed by atoms with van der Waals surface area (Å²) in [7, 11) is 0. The lowest BCUT2D eigenvalue weighted by atomic mass is 9.97. The molecule has 1 fully saturated rings. The molecule has 1 saturated carbocycles. The number of nitrogen functional groups attached to an aromatic ring is 1.